The van der Waals surface area contributed by atoms with Gasteiger partial charge in [-0.1, -0.05) is 29.8 Å². The molecule has 3 rings (SSSR count). The van der Waals surface area contributed by atoms with E-state index in [-0.39, 0.29) is 5.56 Å². The summed E-state index contributed by atoms with van der Waals surface area (Å²) in [4.78, 5) is 28.9. The van der Waals surface area contributed by atoms with Crippen molar-refractivity contribution < 1.29 is 4.79 Å². The van der Waals surface area contributed by atoms with Gasteiger partial charge in [0.1, 0.15) is 4.83 Å². The topological polar surface area (TPSA) is 64.0 Å². The quantitative estimate of drug-likeness (QED) is 0.791. The van der Waals surface area contributed by atoms with E-state index in [0.29, 0.717) is 16.8 Å². The number of fused-ring (bicyclic) bond motifs is 1. The summed E-state index contributed by atoms with van der Waals surface area (Å²) in [5.74, 6) is 0. The summed E-state index contributed by atoms with van der Waals surface area (Å²) in [6.45, 7) is 2.39. The first-order chi connectivity index (χ1) is 10.1. The van der Waals surface area contributed by atoms with Crippen molar-refractivity contribution in [2.45, 2.75) is 13.5 Å². The standard InChI is InChI=1S/C15H13N3O2S/c1-10-4-6-11(7-5-10)9-17-15(20)18-14(19)12-3-2-8-16-13(12)21-18/h2-8H,9H2,1H3,(H,17,20). The molecule has 6 heteroatoms. The van der Waals surface area contributed by atoms with Gasteiger partial charge in [-0.25, -0.2) is 9.78 Å². The highest BCUT2D eigenvalue weighted by Crippen LogP contribution is 2.12. The zero-order valence-corrected chi connectivity index (χ0v) is 12.2. The molecule has 2 aromatic heterocycles. The van der Waals surface area contributed by atoms with Gasteiger partial charge in [0.2, 0.25) is 0 Å². The lowest BCUT2D eigenvalue weighted by Crippen LogP contribution is -2.32. The Balaban J connectivity index is 1.79. The van der Waals surface area contributed by atoms with Crippen LogP contribution < -0.4 is 10.9 Å². The first-order valence-electron chi connectivity index (χ1n) is 6.46. The smallest absolute Gasteiger partial charge is 0.333 e. The Morgan fingerprint density at radius 3 is 2.76 bits per heavy atom. The molecular weight excluding hydrogens is 286 g/mol. The number of amides is 1. The predicted octanol–water partition coefficient (Wildman–Crippen LogP) is 2.52. The van der Waals surface area contributed by atoms with Crippen molar-refractivity contribution in [2.75, 3.05) is 0 Å². The van der Waals surface area contributed by atoms with E-state index in [4.69, 9.17) is 0 Å². The molecule has 2 heterocycles. The number of aryl methyl sites for hydroxylation is 1. The number of carbonyl (C=O) groups excluding carboxylic acids is 1. The molecule has 0 atom stereocenters. The van der Waals surface area contributed by atoms with Crippen LogP contribution in [-0.2, 0) is 6.54 Å². The Hall–Kier alpha value is -2.47. The molecule has 0 fully saturated rings. The van der Waals surface area contributed by atoms with E-state index in [0.717, 1.165) is 26.6 Å². The minimum atomic E-state index is -0.427. The summed E-state index contributed by atoms with van der Waals surface area (Å²) in [5, 5.41) is 3.21. The van der Waals surface area contributed by atoms with Crippen LogP contribution in [-0.4, -0.2) is 15.0 Å². The number of benzene rings is 1. The van der Waals surface area contributed by atoms with Gasteiger partial charge in [0, 0.05) is 12.7 Å². The summed E-state index contributed by atoms with van der Waals surface area (Å²) in [6, 6.07) is 10.8. The van der Waals surface area contributed by atoms with E-state index in [1.807, 2.05) is 31.2 Å². The number of aromatic nitrogens is 2. The second-order valence-corrected chi connectivity index (χ2v) is 5.63. The Morgan fingerprint density at radius 2 is 2.05 bits per heavy atom. The Labute approximate surface area is 125 Å². The first-order valence-corrected chi connectivity index (χ1v) is 7.23. The van der Waals surface area contributed by atoms with Gasteiger partial charge in [0.25, 0.3) is 5.56 Å². The summed E-state index contributed by atoms with van der Waals surface area (Å²) < 4.78 is 1.10. The number of rotatable bonds is 2. The predicted molar refractivity (Wildman–Crippen MR) is 82.7 cm³/mol. The molecule has 1 aromatic carbocycles. The third kappa shape index (κ3) is 2.71. The lowest BCUT2D eigenvalue weighted by molar-refractivity contribution is 0.243. The first kappa shape index (κ1) is 13.5. The van der Waals surface area contributed by atoms with Crippen molar-refractivity contribution in [3.8, 4) is 0 Å². The molecule has 3 aromatic rings. The monoisotopic (exact) mass is 299 g/mol. The number of carbonyl (C=O) groups is 1. The molecule has 0 unspecified atom stereocenters. The van der Waals surface area contributed by atoms with Crippen LogP contribution >= 0.6 is 11.5 Å². The van der Waals surface area contributed by atoms with Crippen LogP contribution in [0, 0.1) is 6.92 Å². The van der Waals surface area contributed by atoms with Crippen LogP contribution in [0.25, 0.3) is 10.2 Å². The molecule has 0 saturated heterocycles. The van der Waals surface area contributed by atoms with Crippen LogP contribution in [0.2, 0.25) is 0 Å². The molecule has 0 spiro atoms. The molecule has 1 amide bonds. The second kappa shape index (κ2) is 5.49. The molecule has 0 bridgehead atoms. The molecule has 0 aliphatic carbocycles. The van der Waals surface area contributed by atoms with Gasteiger partial charge in [-0.05, 0) is 36.2 Å². The fourth-order valence-electron chi connectivity index (χ4n) is 1.95. The van der Waals surface area contributed by atoms with E-state index in [1.165, 1.54) is 0 Å². The molecule has 0 aliphatic heterocycles. The zero-order valence-electron chi connectivity index (χ0n) is 11.4. The number of nitrogens with zero attached hydrogens (tertiary/aromatic N) is 2. The Morgan fingerprint density at radius 1 is 1.29 bits per heavy atom. The summed E-state index contributed by atoms with van der Waals surface area (Å²) in [6.07, 6.45) is 1.60. The average Bonchev–Trinajstić information content (AvgIpc) is 2.84. The van der Waals surface area contributed by atoms with Crippen molar-refractivity contribution in [3.63, 3.8) is 0 Å². The molecular formula is C15H13N3O2S. The van der Waals surface area contributed by atoms with Gasteiger partial charge >= 0.3 is 6.03 Å². The Kier molecular flexibility index (Phi) is 3.53. The molecule has 0 saturated carbocycles. The van der Waals surface area contributed by atoms with Crippen molar-refractivity contribution in [2.24, 2.45) is 0 Å². The lowest BCUT2D eigenvalue weighted by atomic mass is 10.1. The van der Waals surface area contributed by atoms with Gasteiger partial charge in [-0.15, -0.1) is 0 Å². The third-order valence-electron chi connectivity index (χ3n) is 3.11. The minimum absolute atomic E-state index is 0.329. The summed E-state index contributed by atoms with van der Waals surface area (Å²) in [5.41, 5.74) is 1.82. The van der Waals surface area contributed by atoms with Gasteiger partial charge < -0.3 is 5.32 Å². The number of nitrogens with one attached hydrogen (secondary N) is 1. The molecule has 1 N–H and O–H groups in total. The van der Waals surface area contributed by atoms with Crippen LogP contribution in [0.1, 0.15) is 11.1 Å². The highest BCUT2D eigenvalue weighted by molar-refractivity contribution is 7.14. The third-order valence-corrected chi connectivity index (χ3v) is 4.13. The maximum atomic E-state index is 12.1. The largest absolute Gasteiger partial charge is 0.338 e. The fourth-order valence-corrected chi connectivity index (χ4v) is 2.82. The average molecular weight is 299 g/mol. The normalized spacial score (nSPS) is 10.7. The maximum Gasteiger partial charge on any atom is 0.338 e. The van der Waals surface area contributed by atoms with E-state index in [2.05, 4.69) is 10.3 Å². The summed E-state index contributed by atoms with van der Waals surface area (Å²) in [7, 11) is 0. The van der Waals surface area contributed by atoms with Crippen LogP contribution in [0.15, 0.2) is 47.4 Å². The highest BCUT2D eigenvalue weighted by atomic mass is 32.1. The second-order valence-electron chi connectivity index (χ2n) is 4.69. The van der Waals surface area contributed by atoms with E-state index < -0.39 is 6.03 Å². The van der Waals surface area contributed by atoms with Crippen LogP contribution in [0.4, 0.5) is 4.79 Å². The fraction of sp³-hybridized carbons (Fsp3) is 0.133. The highest BCUT2D eigenvalue weighted by Gasteiger charge is 2.13. The van der Waals surface area contributed by atoms with Crippen molar-refractivity contribution in [3.05, 3.63) is 64.1 Å². The minimum Gasteiger partial charge on any atom is -0.333 e. The molecule has 106 valence electrons. The van der Waals surface area contributed by atoms with Gasteiger partial charge in [0.15, 0.2) is 0 Å². The lowest BCUT2D eigenvalue weighted by Gasteiger charge is -2.04. The van der Waals surface area contributed by atoms with Gasteiger partial charge in [-0.3, -0.25) is 4.79 Å². The molecule has 5 nitrogen and oxygen atoms in total. The molecule has 0 aliphatic rings. The number of hydrogen-bond acceptors (Lipinski definition) is 4. The van der Waals surface area contributed by atoms with Crippen molar-refractivity contribution >= 4 is 27.8 Å². The van der Waals surface area contributed by atoms with Crippen LogP contribution in [0.3, 0.4) is 0 Å². The van der Waals surface area contributed by atoms with Crippen LogP contribution in [0.5, 0.6) is 0 Å². The SMILES string of the molecule is Cc1ccc(CNC(=O)n2sc3ncccc3c2=O)cc1. The molecule has 0 radical (unpaired) electrons. The summed E-state index contributed by atoms with van der Waals surface area (Å²) >= 11 is 1.05. The zero-order chi connectivity index (χ0) is 14.8. The Bertz CT molecular complexity index is 849. The number of hydrogen-bond donors (Lipinski definition) is 1. The van der Waals surface area contributed by atoms with E-state index in [1.54, 1.807) is 18.3 Å². The van der Waals surface area contributed by atoms with Gasteiger partial charge in [0.05, 0.1) is 5.39 Å². The van der Waals surface area contributed by atoms with E-state index in [9.17, 15) is 9.59 Å². The van der Waals surface area contributed by atoms with Gasteiger partial charge in [-0.2, -0.15) is 3.96 Å². The van der Waals surface area contributed by atoms with Crippen molar-refractivity contribution in [1.82, 2.24) is 14.3 Å². The molecule has 21 heavy (non-hydrogen) atoms. The van der Waals surface area contributed by atoms with Crippen molar-refractivity contribution in [1.29, 1.82) is 0 Å². The van der Waals surface area contributed by atoms with E-state index >= 15 is 0 Å². The maximum absolute atomic E-state index is 12.1. The number of pyridine rings is 1.